The average Bonchev–Trinajstić information content (AvgIpc) is 3.86. The molecular formula is C55H69N3O7. The first-order valence-corrected chi connectivity index (χ1v) is 24.4. The van der Waals surface area contributed by atoms with Gasteiger partial charge in [-0.3, -0.25) is 9.78 Å². The lowest BCUT2D eigenvalue weighted by Gasteiger charge is -2.60. The third-order valence-electron chi connectivity index (χ3n) is 14.4. The first kappa shape index (κ1) is 46.5. The fourth-order valence-electron chi connectivity index (χ4n) is 11.5. The van der Waals surface area contributed by atoms with Gasteiger partial charge in [0.2, 0.25) is 11.7 Å². The molecule has 1 aromatic heterocycles. The van der Waals surface area contributed by atoms with Crippen LogP contribution in [0, 0.1) is 30.6 Å². The summed E-state index contributed by atoms with van der Waals surface area (Å²) in [4.78, 5) is 28.1. The molecule has 4 aromatic rings. The molecule has 1 aliphatic heterocycles. The van der Waals surface area contributed by atoms with Crippen molar-refractivity contribution in [1.82, 2.24) is 9.88 Å². The summed E-state index contributed by atoms with van der Waals surface area (Å²) in [5.74, 6) is 0.396. The predicted molar refractivity (Wildman–Crippen MR) is 256 cm³/mol. The van der Waals surface area contributed by atoms with Crippen LogP contribution in [0.1, 0.15) is 119 Å². The van der Waals surface area contributed by atoms with Crippen LogP contribution < -0.4 is 9.47 Å². The van der Waals surface area contributed by atoms with Crippen LogP contribution in [0.3, 0.4) is 0 Å². The third kappa shape index (κ3) is 10.4. The molecule has 10 heteroatoms. The molecule has 0 saturated heterocycles. The largest absolute Gasteiger partial charge is 0.487 e. The highest BCUT2D eigenvalue weighted by atomic mass is 16.7. The molecule has 0 bridgehead atoms. The SMILES string of the molecule is C=CCO[C@@]12Oc3ccc(OCc4cccc(C)n4)cc3[C@H]3[C@H](CCCCO)[C@@H](CCCCO)C=C(C(=NOCC)C[C@@H]1N(Cc1cccc4ccccc14)C(=O)CCC1CCCC1)[C@H]32. The van der Waals surface area contributed by atoms with Crippen molar-refractivity contribution >= 4 is 22.4 Å². The second-order valence-electron chi connectivity index (χ2n) is 18.6. The van der Waals surface area contributed by atoms with Gasteiger partial charge in [0, 0.05) is 49.8 Å². The number of unbranched alkanes of at least 4 members (excludes halogenated alkanes) is 2. The van der Waals surface area contributed by atoms with Crippen LogP contribution in [0.5, 0.6) is 11.5 Å². The highest BCUT2D eigenvalue weighted by molar-refractivity contribution is 6.03. The number of fused-ring (bicyclic) bond motifs is 3. The molecule has 10 nitrogen and oxygen atoms in total. The molecule has 2 N–H and O–H groups in total. The quantitative estimate of drug-likeness (QED) is 0.0454. The Labute approximate surface area is 385 Å². The van der Waals surface area contributed by atoms with E-state index in [9.17, 15) is 10.2 Å². The Kier molecular flexibility index (Phi) is 15.7. The average molecular weight is 884 g/mol. The van der Waals surface area contributed by atoms with E-state index in [0.717, 1.165) is 76.7 Å². The van der Waals surface area contributed by atoms with Crippen LogP contribution in [-0.2, 0) is 27.5 Å². The van der Waals surface area contributed by atoms with Gasteiger partial charge in [-0.1, -0.05) is 104 Å². The number of aliphatic hydroxyl groups is 2. The summed E-state index contributed by atoms with van der Waals surface area (Å²) in [5, 5.41) is 27.2. The van der Waals surface area contributed by atoms with E-state index < -0.39 is 17.7 Å². The first-order chi connectivity index (χ1) is 31.9. The van der Waals surface area contributed by atoms with Crippen molar-refractivity contribution < 1.29 is 34.1 Å². The van der Waals surface area contributed by atoms with E-state index in [2.05, 4.69) is 66.1 Å². The molecule has 2 heterocycles. The molecule has 3 aliphatic carbocycles. The Balaban J connectivity index is 1.31. The van der Waals surface area contributed by atoms with E-state index in [0.29, 0.717) is 62.9 Å². The smallest absolute Gasteiger partial charge is 0.239 e. The summed E-state index contributed by atoms with van der Waals surface area (Å²) in [7, 11) is 0. The fourth-order valence-corrected chi connectivity index (χ4v) is 11.5. The number of aryl methyl sites for hydroxylation is 1. The molecule has 346 valence electrons. The monoisotopic (exact) mass is 884 g/mol. The number of ether oxygens (including phenoxy) is 3. The summed E-state index contributed by atoms with van der Waals surface area (Å²) >= 11 is 0. The number of carbonyl (C=O) groups excluding carboxylic acids is 1. The second kappa shape index (κ2) is 22.0. The van der Waals surface area contributed by atoms with Crippen LogP contribution in [0.15, 0.2) is 108 Å². The number of aliphatic hydroxyl groups excluding tert-OH is 2. The highest BCUT2D eigenvalue weighted by Crippen LogP contribution is 2.62. The maximum Gasteiger partial charge on any atom is 0.239 e. The molecule has 3 aromatic carbocycles. The van der Waals surface area contributed by atoms with Gasteiger partial charge in [0.05, 0.1) is 23.9 Å². The minimum absolute atomic E-state index is 0.0799. The van der Waals surface area contributed by atoms with E-state index >= 15 is 4.79 Å². The van der Waals surface area contributed by atoms with Crippen molar-refractivity contribution in [2.24, 2.45) is 28.8 Å². The lowest BCUT2D eigenvalue weighted by molar-refractivity contribution is -0.258. The molecular weight excluding hydrogens is 815 g/mol. The zero-order valence-corrected chi connectivity index (χ0v) is 38.5. The number of hydrogen-bond acceptors (Lipinski definition) is 9. The van der Waals surface area contributed by atoms with Crippen LogP contribution in [0.2, 0.25) is 0 Å². The normalized spacial score (nSPS) is 24.2. The Morgan fingerprint density at radius 3 is 2.54 bits per heavy atom. The van der Waals surface area contributed by atoms with Gasteiger partial charge in [-0.25, -0.2) is 0 Å². The minimum atomic E-state index is -1.34. The first-order valence-electron chi connectivity index (χ1n) is 24.4. The number of oxime groups is 1. The van der Waals surface area contributed by atoms with Crippen LogP contribution >= 0.6 is 0 Å². The van der Waals surface area contributed by atoms with Crippen molar-refractivity contribution in [2.75, 3.05) is 26.4 Å². The number of benzene rings is 3. The number of amides is 1. The van der Waals surface area contributed by atoms with Crippen LogP contribution in [0.25, 0.3) is 10.8 Å². The van der Waals surface area contributed by atoms with Gasteiger partial charge in [0.25, 0.3) is 0 Å². The molecule has 1 amide bonds. The predicted octanol–water partition coefficient (Wildman–Crippen LogP) is 10.8. The Bertz CT molecular complexity index is 2300. The van der Waals surface area contributed by atoms with Gasteiger partial charge in [0.1, 0.15) is 30.8 Å². The van der Waals surface area contributed by atoms with Gasteiger partial charge in [-0.2, -0.15) is 0 Å². The van der Waals surface area contributed by atoms with Gasteiger partial charge in [0.15, 0.2) is 0 Å². The Morgan fingerprint density at radius 2 is 1.75 bits per heavy atom. The number of nitrogens with zero attached hydrogens (tertiary/aromatic N) is 3. The Hall–Kier alpha value is -5.03. The molecule has 2 saturated carbocycles. The fraction of sp³-hybridized carbons (Fsp3) is 0.509. The molecule has 6 atom stereocenters. The van der Waals surface area contributed by atoms with Crippen molar-refractivity contribution in [2.45, 2.75) is 128 Å². The van der Waals surface area contributed by atoms with Crippen molar-refractivity contribution in [3.63, 3.8) is 0 Å². The molecule has 0 spiro atoms. The topological polar surface area (TPSA) is 123 Å². The molecule has 65 heavy (non-hydrogen) atoms. The number of aromatic nitrogens is 1. The summed E-state index contributed by atoms with van der Waals surface area (Å²) < 4.78 is 21.4. The standard InChI is InChI=1S/C55H69N3O7/c1-4-32-63-55-51(58(52(61)29-26-39-17-6-7-18-39)36-42-22-15-21-40-19-8-9-24-45(40)42)35-49(57-64-5-2)47-33-41(20-10-12-30-59)46(25-11-13-31-60)53(54(47)55)48-34-44(27-28-50(48)65-55)62-37-43-23-14-16-38(3)56-43/h4,8-9,14-16,19,21-24,27-28,33-34,39,41,46,51,53-54,59-60H,1,5-7,10-13,17-18,20,25-26,29-32,35-37H2,2-3H3/t41-,46+,51-,53+,54+,55+/m0/s1. The van der Waals surface area contributed by atoms with E-state index in [1.807, 2.05) is 44.2 Å². The number of allylic oxidation sites excluding steroid dienone is 1. The van der Waals surface area contributed by atoms with Gasteiger partial charge in [-0.05, 0) is 116 Å². The van der Waals surface area contributed by atoms with Crippen molar-refractivity contribution in [1.29, 1.82) is 0 Å². The lowest BCUT2D eigenvalue weighted by Crippen LogP contribution is -2.70. The maximum atomic E-state index is 15.4. The Morgan fingerprint density at radius 1 is 0.969 bits per heavy atom. The summed E-state index contributed by atoms with van der Waals surface area (Å²) in [5.41, 5.74) is 5.71. The zero-order chi connectivity index (χ0) is 45.2. The van der Waals surface area contributed by atoms with Gasteiger partial charge >= 0.3 is 0 Å². The van der Waals surface area contributed by atoms with Gasteiger partial charge in [-0.15, -0.1) is 6.58 Å². The van der Waals surface area contributed by atoms with E-state index in [1.54, 1.807) is 6.08 Å². The molecule has 0 radical (unpaired) electrons. The molecule has 2 fully saturated rings. The summed E-state index contributed by atoms with van der Waals surface area (Å²) in [6.07, 6.45) is 15.4. The highest BCUT2D eigenvalue weighted by Gasteiger charge is 2.65. The maximum absolute atomic E-state index is 15.4. The van der Waals surface area contributed by atoms with Gasteiger partial charge < -0.3 is 34.2 Å². The lowest BCUT2D eigenvalue weighted by atomic mass is 9.55. The second-order valence-corrected chi connectivity index (χ2v) is 18.6. The molecule has 0 unspecified atom stereocenters. The minimum Gasteiger partial charge on any atom is -0.487 e. The van der Waals surface area contributed by atoms with E-state index in [-0.39, 0.29) is 43.5 Å². The third-order valence-corrected chi connectivity index (χ3v) is 14.4. The number of carbonyl (C=O) groups is 1. The van der Waals surface area contributed by atoms with E-state index in [4.69, 9.17) is 29.2 Å². The summed E-state index contributed by atoms with van der Waals surface area (Å²) in [6, 6.07) is 26.2. The van der Waals surface area contributed by atoms with Crippen molar-refractivity contribution in [3.8, 4) is 11.5 Å². The van der Waals surface area contributed by atoms with Crippen LogP contribution in [0.4, 0.5) is 0 Å². The number of pyridine rings is 1. The van der Waals surface area contributed by atoms with E-state index in [1.165, 1.54) is 25.7 Å². The number of hydrogen-bond donors (Lipinski definition) is 2. The number of rotatable bonds is 22. The molecule has 4 aliphatic rings. The summed E-state index contributed by atoms with van der Waals surface area (Å²) in [6.45, 7) is 9.60. The van der Waals surface area contributed by atoms with Crippen LogP contribution in [-0.4, -0.2) is 70.0 Å². The zero-order valence-electron chi connectivity index (χ0n) is 38.5. The van der Waals surface area contributed by atoms with Crippen molar-refractivity contribution in [3.05, 3.63) is 126 Å². The molecule has 8 rings (SSSR count).